The van der Waals surface area contributed by atoms with Crippen LogP contribution in [0.3, 0.4) is 0 Å². The molecule has 0 unspecified atom stereocenters. The van der Waals surface area contributed by atoms with E-state index >= 15 is 0 Å². The van der Waals surface area contributed by atoms with Gasteiger partial charge in [-0.05, 0) is 20.3 Å². The molecule has 0 spiro atoms. The van der Waals surface area contributed by atoms with Crippen molar-refractivity contribution in [2.45, 2.75) is 39.0 Å². The van der Waals surface area contributed by atoms with E-state index in [-0.39, 0.29) is 6.10 Å². The molecular formula is C14H23F3N4OS. The number of halogens is 3. The molecule has 132 valence electrons. The van der Waals surface area contributed by atoms with Gasteiger partial charge in [-0.15, -0.1) is 11.3 Å². The minimum absolute atomic E-state index is 0.215. The van der Waals surface area contributed by atoms with Gasteiger partial charge in [0.1, 0.15) is 0 Å². The van der Waals surface area contributed by atoms with Crippen molar-refractivity contribution in [1.29, 1.82) is 0 Å². The first-order valence-electron chi connectivity index (χ1n) is 7.40. The van der Waals surface area contributed by atoms with E-state index < -0.39 is 11.9 Å². The van der Waals surface area contributed by atoms with Crippen LogP contribution in [0.1, 0.15) is 31.0 Å². The van der Waals surface area contributed by atoms with Crippen molar-refractivity contribution in [3.63, 3.8) is 0 Å². The first kappa shape index (κ1) is 19.7. The standard InChI is InChI=1S/C14H23F3N4OS/c1-10(2)22-8-4-6-19-13(18-3)20-7-5-12-21-11(9-23-12)14(15,16)17/h9-10H,4-8H2,1-3H3,(H2,18,19,20). The monoisotopic (exact) mass is 352 g/mol. The molecule has 9 heteroatoms. The van der Waals surface area contributed by atoms with Crippen molar-refractivity contribution < 1.29 is 17.9 Å². The Labute approximate surface area is 138 Å². The number of nitrogens with zero attached hydrogens (tertiary/aromatic N) is 2. The van der Waals surface area contributed by atoms with Crippen LogP contribution in [0, 0.1) is 0 Å². The second kappa shape index (κ2) is 9.71. The molecule has 1 aromatic rings. The molecule has 0 aliphatic rings. The topological polar surface area (TPSA) is 58.5 Å². The van der Waals surface area contributed by atoms with Crippen LogP contribution in [0.15, 0.2) is 10.4 Å². The van der Waals surface area contributed by atoms with Gasteiger partial charge in [0.25, 0.3) is 0 Å². The Morgan fingerprint density at radius 2 is 2.04 bits per heavy atom. The zero-order valence-electron chi connectivity index (χ0n) is 13.5. The lowest BCUT2D eigenvalue weighted by atomic mass is 10.4. The highest BCUT2D eigenvalue weighted by Gasteiger charge is 2.33. The van der Waals surface area contributed by atoms with Gasteiger partial charge in [0, 0.05) is 38.5 Å². The number of ether oxygens (including phenoxy) is 1. The average Bonchev–Trinajstić information content (AvgIpc) is 2.93. The number of aliphatic imine (C=N–C) groups is 1. The van der Waals surface area contributed by atoms with Gasteiger partial charge >= 0.3 is 6.18 Å². The van der Waals surface area contributed by atoms with Crippen molar-refractivity contribution >= 4 is 17.3 Å². The van der Waals surface area contributed by atoms with Crippen molar-refractivity contribution in [2.75, 3.05) is 26.7 Å². The van der Waals surface area contributed by atoms with E-state index in [1.54, 1.807) is 7.05 Å². The summed E-state index contributed by atoms with van der Waals surface area (Å²) in [6.07, 6.45) is -2.90. The Bertz CT molecular complexity index is 489. The highest BCUT2D eigenvalue weighted by molar-refractivity contribution is 7.09. The van der Waals surface area contributed by atoms with Gasteiger partial charge in [-0.1, -0.05) is 0 Å². The highest BCUT2D eigenvalue weighted by Crippen LogP contribution is 2.29. The maximum atomic E-state index is 12.4. The van der Waals surface area contributed by atoms with Crippen LogP contribution < -0.4 is 10.6 Å². The van der Waals surface area contributed by atoms with Crippen molar-refractivity contribution in [3.05, 3.63) is 16.1 Å². The fourth-order valence-corrected chi connectivity index (χ4v) is 2.47. The molecule has 0 saturated carbocycles. The molecule has 5 nitrogen and oxygen atoms in total. The summed E-state index contributed by atoms with van der Waals surface area (Å²) in [5.74, 6) is 0.613. The van der Waals surface area contributed by atoms with Gasteiger partial charge in [0.2, 0.25) is 0 Å². The van der Waals surface area contributed by atoms with Gasteiger partial charge in [0.05, 0.1) is 11.1 Å². The molecule has 0 aliphatic heterocycles. The lowest BCUT2D eigenvalue weighted by Crippen LogP contribution is -2.39. The fourth-order valence-electron chi connectivity index (χ4n) is 1.66. The summed E-state index contributed by atoms with van der Waals surface area (Å²) in [6.45, 7) is 5.81. The maximum Gasteiger partial charge on any atom is 0.434 e. The molecular weight excluding hydrogens is 329 g/mol. The van der Waals surface area contributed by atoms with Crippen LogP contribution in [0.25, 0.3) is 0 Å². The maximum absolute atomic E-state index is 12.4. The number of hydrogen-bond acceptors (Lipinski definition) is 4. The summed E-state index contributed by atoms with van der Waals surface area (Å²) >= 11 is 1.01. The zero-order chi connectivity index (χ0) is 17.3. The van der Waals surface area contributed by atoms with Crippen molar-refractivity contribution in [2.24, 2.45) is 4.99 Å². The Balaban J connectivity index is 2.23. The van der Waals surface area contributed by atoms with Crippen LogP contribution >= 0.6 is 11.3 Å². The van der Waals surface area contributed by atoms with Gasteiger partial charge in [-0.25, -0.2) is 4.98 Å². The van der Waals surface area contributed by atoms with Crippen LogP contribution in [0.4, 0.5) is 13.2 Å². The van der Waals surface area contributed by atoms with Crippen molar-refractivity contribution in [3.8, 4) is 0 Å². The molecule has 23 heavy (non-hydrogen) atoms. The second-order valence-electron chi connectivity index (χ2n) is 5.07. The minimum atomic E-state index is -4.38. The third-order valence-corrected chi connectivity index (χ3v) is 3.67. The van der Waals surface area contributed by atoms with Gasteiger partial charge in [-0.2, -0.15) is 13.2 Å². The molecule has 0 amide bonds. The lowest BCUT2D eigenvalue weighted by Gasteiger charge is -2.12. The zero-order valence-corrected chi connectivity index (χ0v) is 14.4. The second-order valence-corrected chi connectivity index (χ2v) is 6.02. The molecule has 0 aromatic carbocycles. The number of guanidine groups is 1. The molecule has 0 radical (unpaired) electrons. The Morgan fingerprint density at radius 1 is 1.35 bits per heavy atom. The number of aromatic nitrogens is 1. The number of nitrogens with one attached hydrogen (secondary N) is 2. The summed E-state index contributed by atoms with van der Waals surface area (Å²) in [7, 11) is 1.64. The molecule has 0 atom stereocenters. The lowest BCUT2D eigenvalue weighted by molar-refractivity contribution is -0.140. The number of rotatable bonds is 8. The van der Waals surface area contributed by atoms with E-state index in [4.69, 9.17) is 4.74 Å². The summed E-state index contributed by atoms with van der Waals surface area (Å²) in [5, 5.41) is 7.66. The summed E-state index contributed by atoms with van der Waals surface area (Å²) < 4.78 is 42.8. The normalized spacial score (nSPS) is 12.7. The molecule has 0 bridgehead atoms. The SMILES string of the molecule is CN=C(NCCCOC(C)C)NCCc1nc(C(F)(F)F)cs1. The Morgan fingerprint density at radius 3 is 2.61 bits per heavy atom. The summed E-state index contributed by atoms with van der Waals surface area (Å²) in [4.78, 5) is 7.64. The molecule has 1 heterocycles. The predicted octanol–water partition coefficient (Wildman–Crippen LogP) is 2.68. The molecule has 0 saturated heterocycles. The average molecular weight is 352 g/mol. The van der Waals surface area contributed by atoms with Gasteiger partial charge in [-0.3, -0.25) is 4.99 Å². The minimum Gasteiger partial charge on any atom is -0.379 e. The summed E-state index contributed by atoms with van der Waals surface area (Å²) in [6, 6.07) is 0. The van der Waals surface area contributed by atoms with Crippen molar-refractivity contribution in [1.82, 2.24) is 15.6 Å². The quantitative estimate of drug-likeness (QED) is 0.429. The van der Waals surface area contributed by atoms with Crippen LogP contribution in [-0.2, 0) is 17.3 Å². The molecule has 0 aliphatic carbocycles. The third kappa shape index (κ3) is 8.17. The molecule has 2 N–H and O–H groups in total. The fraction of sp³-hybridized carbons (Fsp3) is 0.714. The van der Waals surface area contributed by atoms with E-state index in [0.717, 1.165) is 23.1 Å². The smallest absolute Gasteiger partial charge is 0.379 e. The highest BCUT2D eigenvalue weighted by atomic mass is 32.1. The van der Waals surface area contributed by atoms with Crippen LogP contribution in [-0.4, -0.2) is 43.8 Å². The molecule has 1 rings (SSSR count). The van der Waals surface area contributed by atoms with E-state index in [1.807, 2.05) is 13.8 Å². The predicted molar refractivity (Wildman–Crippen MR) is 85.9 cm³/mol. The van der Waals surface area contributed by atoms with Crippen LogP contribution in [0.2, 0.25) is 0 Å². The van der Waals surface area contributed by atoms with E-state index in [1.165, 1.54) is 0 Å². The van der Waals surface area contributed by atoms with Crippen LogP contribution in [0.5, 0.6) is 0 Å². The summed E-state index contributed by atoms with van der Waals surface area (Å²) in [5.41, 5.74) is -0.829. The third-order valence-electron chi connectivity index (χ3n) is 2.76. The Hall–Kier alpha value is -1.35. The first-order chi connectivity index (χ1) is 10.8. The largest absolute Gasteiger partial charge is 0.434 e. The molecule has 1 aromatic heterocycles. The first-order valence-corrected chi connectivity index (χ1v) is 8.28. The molecule has 0 fully saturated rings. The Kier molecular flexibility index (Phi) is 8.32. The van der Waals surface area contributed by atoms with Gasteiger partial charge < -0.3 is 15.4 Å². The number of thiazole rings is 1. The van der Waals surface area contributed by atoms with E-state index in [2.05, 4.69) is 20.6 Å². The van der Waals surface area contributed by atoms with E-state index in [9.17, 15) is 13.2 Å². The van der Waals surface area contributed by atoms with Gasteiger partial charge in [0.15, 0.2) is 11.7 Å². The number of hydrogen-bond donors (Lipinski definition) is 2. The van der Waals surface area contributed by atoms with E-state index in [0.29, 0.717) is 37.1 Å². The number of alkyl halides is 3.